The van der Waals surface area contributed by atoms with Crippen LogP contribution in [0, 0.1) is 0 Å². The Kier molecular flexibility index (Phi) is 3.91. The van der Waals surface area contributed by atoms with Crippen molar-refractivity contribution in [3.8, 4) is 0 Å². The highest BCUT2D eigenvalue weighted by Gasteiger charge is 2.51. The van der Waals surface area contributed by atoms with Gasteiger partial charge in [-0.2, -0.15) is 0 Å². The van der Waals surface area contributed by atoms with Crippen molar-refractivity contribution in [1.29, 1.82) is 0 Å². The van der Waals surface area contributed by atoms with Crippen LogP contribution in [0.1, 0.15) is 24.0 Å². The molecule has 0 saturated carbocycles. The Hall–Kier alpha value is -2.49. The number of fused-ring (bicyclic) bond motifs is 2. The minimum absolute atomic E-state index is 0.0349. The van der Waals surface area contributed by atoms with Gasteiger partial charge in [-0.25, -0.2) is 4.79 Å². The summed E-state index contributed by atoms with van der Waals surface area (Å²) in [5, 5.41) is 9.33. The van der Waals surface area contributed by atoms with Crippen molar-refractivity contribution in [2.45, 2.75) is 30.7 Å². The molecule has 0 bridgehead atoms. The molecule has 2 aliphatic rings. The zero-order valence-corrected chi connectivity index (χ0v) is 14.6. The second-order valence-electron chi connectivity index (χ2n) is 7.26. The van der Waals surface area contributed by atoms with Crippen LogP contribution in [0.2, 0.25) is 0 Å². The molecule has 0 aromatic heterocycles. The average molecular weight is 336 g/mol. The van der Waals surface area contributed by atoms with Crippen LogP contribution < -0.4 is 4.90 Å². The third-order valence-electron chi connectivity index (χ3n) is 6.12. The van der Waals surface area contributed by atoms with Gasteiger partial charge in [0.25, 0.3) is 0 Å². The molecule has 25 heavy (non-hydrogen) atoms. The summed E-state index contributed by atoms with van der Waals surface area (Å²) < 4.78 is 0. The largest absolute Gasteiger partial charge is 0.465 e. The van der Waals surface area contributed by atoms with E-state index < -0.39 is 6.09 Å². The van der Waals surface area contributed by atoms with Gasteiger partial charge in [0.05, 0.1) is 0 Å². The van der Waals surface area contributed by atoms with Gasteiger partial charge >= 0.3 is 6.09 Å². The first-order valence-electron chi connectivity index (χ1n) is 8.96. The first-order valence-corrected chi connectivity index (χ1v) is 8.96. The van der Waals surface area contributed by atoms with Crippen LogP contribution in [-0.4, -0.2) is 42.3 Å². The number of likely N-dealkylation sites (tertiary alicyclic amines) is 1. The maximum atomic E-state index is 11.4. The molecule has 0 radical (unpaired) electrons. The van der Waals surface area contributed by atoms with Crippen molar-refractivity contribution in [1.82, 2.24) is 4.90 Å². The summed E-state index contributed by atoms with van der Waals surface area (Å²) in [6.07, 6.45) is 1.96. The predicted octanol–water partition coefficient (Wildman–Crippen LogP) is 3.76. The van der Waals surface area contributed by atoms with Gasteiger partial charge in [0, 0.05) is 37.3 Å². The molecule has 1 amide bonds. The summed E-state index contributed by atoms with van der Waals surface area (Å²) in [4.78, 5) is 15.3. The van der Waals surface area contributed by atoms with Crippen LogP contribution >= 0.6 is 0 Å². The van der Waals surface area contributed by atoms with Crippen molar-refractivity contribution >= 4 is 11.8 Å². The molecule has 2 aromatic carbocycles. The summed E-state index contributed by atoms with van der Waals surface area (Å²) in [5.74, 6) is 0. The molecule has 0 aliphatic carbocycles. The molecule has 1 saturated heterocycles. The quantitative estimate of drug-likeness (QED) is 0.908. The zero-order valence-electron chi connectivity index (χ0n) is 14.6. The molecular formula is C21H24N2O2. The fraction of sp³-hybridized carbons (Fsp3) is 0.381. The Bertz CT molecular complexity index is 766. The third-order valence-corrected chi connectivity index (χ3v) is 6.12. The molecule has 2 aromatic rings. The Morgan fingerprint density at radius 2 is 1.72 bits per heavy atom. The zero-order chi connectivity index (χ0) is 17.4. The van der Waals surface area contributed by atoms with Crippen LogP contribution in [0.25, 0.3) is 0 Å². The van der Waals surface area contributed by atoms with Gasteiger partial charge in [0.1, 0.15) is 0 Å². The summed E-state index contributed by atoms with van der Waals surface area (Å²) >= 11 is 0. The molecule has 1 unspecified atom stereocenters. The maximum Gasteiger partial charge on any atom is 0.407 e. The monoisotopic (exact) mass is 336 g/mol. The van der Waals surface area contributed by atoms with E-state index in [1.165, 1.54) is 16.8 Å². The van der Waals surface area contributed by atoms with E-state index in [1.807, 2.05) is 0 Å². The van der Waals surface area contributed by atoms with Crippen LogP contribution in [-0.2, 0) is 11.8 Å². The second kappa shape index (κ2) is 6.10. The number of carbonyl (C=O) groups is 1. The number of hydrogen-bond donors (Lipinski definition) is 1. The fourth-order valence-corrected chi connectivity index (χ4v) is 4.79. The van der Waals surface area contributed by atoms with E-state index in [9.17, 15) is 9.90 Å². The van der Waals surface area contributed by atoms with E-state index in [0.29, 0.717) is 19.1 Å². The van der Waals surface area contributed by atoms with Crippen LogP contribution in [0.15, 0.2) is 54.6 Å². The van der Waals surface area contributed by atoms with Crippen LogP contribution in [0.5, 0.6) is 0 Å². The normalized spacial score (nSPS) is 21.4. The number of benzene rings is 2. The molecule has 4 heteroatoms. The Balaban J connectivity index is 1.71. The van der Waals surface area contributed by atoms with E-state index in [2.05, 4.69) is 66.5 Å². The Labute approximate surface area is 148 Å². The van der Waals surface area contributed by atoms with Gasteiger partial charge in [-0.15, -0.1) is 0 Å². The van der Waals surface area contributed by atoms with Gasteiger partial charge in [-0.3, -0.25) is 0 Å². The van der Waals surface area contributed by atoms with E-state index in [0.717, 1.165) is 19.3 Å². The lowest BCUT2D eigenvalue weighted by Crippen LogP contribution is -2.52. The smallest absolute Gasteiger partial charge is 0.407 e. The number of carboxylic acid groups (broad SMARTS) is 1. The summed E-state index contributed by atoms with van der Waals surface area (Å²) in [6.45, 7) is 1.23. The van der Waals surface area contributed by atoms with Gasteiger partial charge in [0.2, 0.25) is 0 Å². The standard InChI is InChI=1S/C21H24N2O2/c1-22-18-10-6-5-9-17(18)21(11-13-23(14-12-21)20(24)25)19(22)15-16-7-3-2-4-8-16/h2-10,19H,11-15H2,1H3,(H,24,25). The SMILES string of the molecule is CN1c2ccccc2C2(CCN(C(=O)O)CC2)C1Cc1ccccc1. The van der Waals surface area contributed by atoms with E-state index in [1.54, 1.807) is 4.90 Å². The number of rotatable bonds is 2. The number of amides is 1. The summed E-state index contributed by atoms with van der Waals surface area (Å²) in [7, 11) is 2.19. The number of hydrogen-bond acceptors (Lipinski definition) is 2. The lowest BCUT2D eigenvalue weighted by Gasteiger charge is -2.44. The Morgan fingerprint density at radius 1 is 1.08 bits per heavy atom. The van der Waals surface area contributed by atoms with Gasteiger partial charge in [-0.1, -0.05) is 48.5 Å². The summed E-state index contributed by atoms with van der Waals surface area (Å²) in [6, 6.07) is 19.6. The van der Waals surface area contributed by atoms with Gasteiger partial charge in [0.15, 0.2) is 0 Å². The molecule has 1 spiro atoms. The molecular weight excluding hydrogens is 312 g/mol. The number of nitrogens with zero attached hydrogens (tertiary/aromatic N) is 2. The Morgan fingerprint density at radius 3 is 2.40 bits per heavy atom. The molecule has 1 fully saturated rings. The first-order chi connectivity index (χ1) is 12.1. The minimum Gasteiger partial charge on any atom is -0.465 e. The second-order valence-corrected chi connectivity index (χ2v) is 7.26. The topological polar surface area (TPSA) is 43.8 Å². The molecule has 2 aliphatic heterocycles. The summed E-state index contributed by atoms with van der Waals surface area (Å²) in [5.41, 5.74) is 4.07. The van der Waals surface area contributed by atoms with Crippen molar-refractivity contribution in [3.63, 3.8) is 0 Å². The van der Waals surface area contributed by atoms with Crippen molar-refractivity contribution in [2.75, 3.05) is 25.0 Å². The van der Waals surface area contributed by atoms with E-state index >= 15 is 0 Å². The minimum atomic E-state index is -0.797. The number of likely N-dealkylation sites (N-methyl/N-ethyl adjacent to an activating group) is 1. The van der Waals surface area contributed by atoms with Gasteiger partial charge in [-0.05, 0) is 36.5 Å². The number of anilines is 1. The third kappa shape index (κ3) is 2.56. The first kappa shape index (κ1) is 16.0. The van der Waals surface area contributed by atoms with Crippen LogP contribution in [0.4, 0.5) is 10.5 Å². The highest BCUT2D eigenvalue weighted by atomic mass is 16.4. The van der Waals surface area contributed by atoms with Crippen LogP contribution in [0.3, 0.4) is 0 Å². The van der Waals surface area contributed by atoms with Gasteiger partial charge < -0.3 is 14.9 Å². The van der Waals surface area contributed by atoms with Crippen molar-refractivity contribution in [2.24, 2.45) is 0 Å². The molecule has 1 atom stereocenters. The van der Waals surface area contributed by atoms with Crippen molar-refractivity contribution < 1.29 is 9.90 Å². The molecule has 4 rings (SSSR count). The highest BCUT2D eigenvalue weighted by Crippen LogP contribution is 2.51. The maximum absolute atomic E-state index is 11.4. The average Bonchev–Trinajstić information content (AvgIpc) is 2.86. The number of piperidine rings is 1. The fourth-order valence-electron chi connectivity index (χ4n) is 4.79. The van der Waals surface area contributed by atoms with E-state index in [4.69, 9.17) is 0 Å². The van der Waals surface area contributed by atoms with Crippen molar-refractivity contribution in [3.05, 3.63) is 65.7 Å². The lowest BCUT2D eigenvalue weighted by molar-refractivity contribution is 0.111. The molecule has 4 nitrogen and oxygen atoms in total. The number of para-hydroxylation sites is 1. The molecule has 2 heterocycles. The highest BCUT2D eigenvalue weighted by molar-refractivity contribution is 5.67. The lowest BCUT2D eigenvalue weighted by atomic mass is 9.68. The molecule has 130 valence electrons. The molecule has 1 N–H and O–H groups in total. The van der Waals surface area contributed by atoms with E-state index in [-0.39, 0.29) is 5.41 Å². The predicted molar refractivity (Wildman–Crippen MR) is 99.3 cm³/mol.